The number of hydrogen-bond donors (Lipinski definition) is 1. The van der Waals surface area contributed by atoms with Crippen LogP contribution in [0.4, 0.5) is 11.4 Å². The molecule has 0 radical (unpaired) electrons. The molecule has 11 heteroatoms. The molecule has 0 heterocycles. The van der Waals surface area contributed by atoms with Gasteiger partial charge in [0.05, 0.1) is 49.3 Å². The third kappa shape index (κ3) is 6.54. The Hall–Kier alpha value is -4.25. The molecule has 1 N–H and O–H groups in total. The summed E-state index contributed by atoms with van der Waals surface area (Å²) in [6.07, 6.45) is 0. The molecule has 0 aromatic heterocycles. The monoisotopic (exact) mass is 542 g/mol. The van der Waals surface area contributed by atoms with Crippen LogP contribution in [0.2, 0.25) is 0 Å². The first-order valence-corrected chi connectivity index (χ1v) is 13.2. The number of hydrogen-bond acceptors (Lipinski definition) is 8. The van der Waals surface area contributed by atoms with Crippen LogP contribution in [0.15, 0.2) is 71.6 Å². The van der Waals surface area contributed by atoms with E-state index in [2.05, 4.69) is 5.32 Å². The predicted octanol–water partition coefficient (Wildman–Crippen LogP) is 4.11. The van der Waals surface area contributed by atoms with Crippen molar-refractivity contribution in [3.63, 3.8) is 0 Å². The lowest BCUT2D eigenvalue weighted by Gasteiger charge is -2.25. The number of anilines is 2. The van der Waals surface area contributed by atoms with Crippen molar-refractivity contribution in [3.05, 3.63) is 72.3 Å². The number of nitrogens with one attached hydrogen (secondary N) is 1. The fourth-order valence-electron chi connectivity index (χ4n) is 3.59. The highest BCUT2D eigenvalue weighted by molar-refractivity contribution is 7.92. The van der Waals surface area contributed by atoms with Gasteiger partial charge in [-0.3, -0.25) is 9.10 Å². The Morgan fingerprint density at radius 2 is 1.55 bits per heavy atom. The molecular weight excluding hydrogens is 512 g/mol. The quantitative estimate of drug-likeness (QED) is 0.340. The third-order valence-electron chi connectivity index (χ3n) is 5.36. The fourth-order valence-corrected chi connectivity index (χ4v) is 5.03. The van der Waals surface area contributed by atoms with Crippen molar-refractivity contribution in [1.29, 1.82) is 0 Å². The van der Waals surface area contributed by atoms with Gasteiger partial charge in [-0.15, -0.1) is 0 Å². The van der Waals surface area contributed by atoms with Crippen molar-refractivity contribution in [3.8, 4) is 17.2 Å². The molecule has 3 aromatic carbocycles. The SMILES string of the molecule is CCOC(=O)c1ccccc1NC(=O)CN(c1ccc(OCC)cc1)S(=O)(=O)c1ccc(OC)c(OC)c1. The van der Waals surface area contributed by atoms with Crippen LogP contribution in [0.1, 0.15) is 24.2 Å². The van der Waals surface area contributed by atoms with Gasteiger partial charge in [-0.2, -0.15) is 0 Å². The maximum Gasteiger partial charge on any atom is 0.340 e. The van der Waals surface area contributed by atoms with Crippen LogP contribution >= 0.6 is 0 Å². The molecule has 3 rings (SSSR count). The van der Waals surface area contributed by atoms with Gasteiger partial charge in [0.2, 0.25) is 5.91 Å². The molecule has 0 aliphatic rings. The summed E-state index contributed by atoms with van der Waals surface area (Å²) in [5.41, 5.74) is 0.584. The highest BCUT2D eigenvalue weighted by Gasteiger charge is 2.29. The van der Waals surface area contributed by atoms with E-state index in [1.54, 1.807) is 43.3 Å². The Bertz CT molecular complexity index is 1370. The number of carbonyl (C=O) groups is 2. The second-order valence-corrected chi connectivity index (χ2v) is 9.63. The summed E-state index contributed by atoms with van der Waals surface area (Å²) < 4.78 is 49.6. The number of amides is 1. The van der Waals surface area contributed by atoms with Gasteiger partial charge in [-0.1, -0.05) is 12.1 Å². The normalized spacial score (nSPS) is 10.8. The minimum atomic E-state index is -4.25. The Labute approximate surface area is 222 Å². The number of carbonyl (C=O) groups excluding carboxylic acids is 2. The number of sulfonamides is 1. The van der Waals surface area contributed by atoms with Gasteiger partial charge in [-0.05, 0) is 62.4 Å². The summed E-state index contributed by atoms with van der Waals surface area (Å²) in [4.78, 5) is 25.4. The summed E-state index contributed by atoms with van der Waals surface area (Å²) >= 11 is 0. The first kappa shape index (κ1) is 28.3. The largest absolute Gasteiger partial charge is 0.494 e. The summed E-state index contributed by atoms with van der Waals surface area (Å²) in [5, 5.41) is 2.63. The lowest BCUT2D eigenvalue weighted by Crippen LogP contribution is -2.38. The average Bonchev–Trinajstić information content (AvgIpc) is 2.92. The van der Waals surface area contributed by atoms with E-state index >= 15 is 0 Å². The molecule has 10 nitrogen and oxygen atoms in total. The maximum atomic E-state index is 13.8. The van der Waals surface area contributed by atoms with Crippen molar-refractivity contribution >= 4 is 33.3 Å². The maximum absolute atomic E-state index is 13.8. The molecule has 3 aromatic rings. The third-order valence-corrected chi connectivity index (χ3v) is 7.13. The van der Waals surface area contributed by atoms with Crippen molar-refractivity contribution in [2.45, 2.75) is 18.7 Å². The van der Waals surface area contributed by atoms with E-state index < -0.39 is 28.4 Å². The number of rotatable bonds is 12. The van der Waals surface area contributed by atoms with Crippen LogP contribution in [0.5, 0.6) is 17.2 Å². The number of ether oxygens (including phenoxy) is 4. The fraction of sp³-hybridized carbons (Fsp3) is 0.259. The highest BCUT2D eigenvalue weighted by atomic mass is 32.2. The van der Waals surface area contributed by atoms with Crippen molar-refractivity contribution < 1.29 is 37.0 Å². The molecule has 0 spiro atoms. The van der Waals surface area contributed by atoms with Crippen molar-refractivity contribution in [1.82, 2.24) is 0 Å². The van der Waals surface area contributed by atoms with Gasteiger partial charge >= 0.3 is 5.97 Å². The lowest BCUT2D eigenvalue weighted by atomic mass is 10.2. The molecule has 202 valence electrons. The Balaban J connectivity index is 1.99. The van der Waals surface area contributed by atoms with E-state index in [1.165, 1.54) is 44.6 Å². The van der Waals surface area contributed by atoms with Gasteiger partial charge in [-0.25, -0.2) is 13.2 Å². The Kier molecular flexibility index (Phi) is 9.55. The van der Waals surface area contributed by atoms with Gasteiger partial charge < -0.3 is 24.3 Å². The van der Waals surface area contributed by atoms with E-state index in [-0.39, 0.29) is 34.2 Å². The van der Waals surface area contributed by atoms with Gasteiger partial charge in [0.15, 0.2) is 11.5 Å². The first-order valence-electron chi connectivity index (χ1n) is 11.8. The minimum Gasteiger partial charge on any atom is -0.494 e. The van der Waals surface area contributed by atoms with Crippen LogP contribution in [-0.2, 0) is 19.6 Å². The van der Waals surface area contributed by atoms with Crippen LogP contribution < -0.4 is 23.8 Å². The van der Waals surface area contributed by atoms with Crippen LogP contribution in [-0.4, -0.2) is 54.3 Å². The van der Waals surface area contributed by atoms with Gasteiger partial charge in [0.25, 0.3) is 10.0 Å². The number of methoxy groups -OCH3 is 2. The molecule has 0 atom stereocenters. The zero-order valence-corrected chi connectivity index (χ0v) is 22.4. The van der Waals surface area contributed by atoms with E-state index in [0.29, 0.717) is 18.1 Å². The lowest BCUT2D eigenvalue weighted by molar-refractivity contribution is -0.114. The topological polar surface area (TPSA) is 120 Å². The van der Waals surface area contributed by atoms with Crippen molar-refractivity contribution in [2.75, 3.05) is 43.6 Å². The summed E-state index contributed by atoms with van der Waals surface area (Å²) in [6, 6.07) is 16.8. The molecule has 0 saturated carbocycles. The molecule has 0 aliphatic heterocycles. The second-order valence-electron chi connectivity index (χ2n) is 7.77. The molecule has 0 aliphatic carbocycles. The zero-order valence-electron chi connectivity index (χ0n) is 21.6. The van der Waals surface area contributed by atoms with Crippen LogP contribution in [0.25, 0.3) is 0 Å². The summed E-state index contributed by atoms with van der Waals surface area (Å²) in [7, 11) is -1.42. The highest BCUT2D eigenvalue weighted by Crippen LogP contribution is 2.32. The number of esters is 1. The molecule has 0 saturated heterocycles. The molecule has 0 fully saturated rings. The molecule has 0 unspecified atom stereocenters. The minimum absolute atomic E-state index is 0.108. The standard InChI is InChI=1S/C27H30N2O8S/c1-5-36-20-13-11-19(12-14-20)29(38(32,33)21-15-16-24(34-3)25(17-21)35-4)18-26(30)28-23-10-8-7-9-22(23)27(31)37-6-2/h7-17H,5-6,18H2,1-4H3,(H,28,30). The zero-order chi connectivity index (χ0) is 27.7. The predicted molar refractivity (Wildman–Crippen MR) is 143 cm³/mol. The van der Waals surface area contributed by atoms with E-state index in [4.69, 9.17) is 18.9 Å². The summed E-state index contributed by atoms with van der Waals surface area (Å²) in [6.45, 7) is 3.53. The number of benzene rings is 3. The van der Waals surface area contributed by atoms with Crippen LogP contribution in [0.3, 0.4) is 0 Å². The van der Waals surface area contributed by atoms with Gasteiger partial charge in [0, 0.05) is 6.07 Å². The van der Waals surface area contributed by atoms with E-state index in [1.807, 2.05) is 6.92 Å². The smallest absolute Gasteiger partial charge is 0.340 e. The van der Waals surface area contributed by atoms with Gasteiger partial charge in [0.1, 0.15) is 12.3 Å². The molecule has 38 heavy (non-hydrogen) atoms. The second kappa shape index (κ2) is 12.8. The first-order chi connectivity index (χ1) is 18.2. The van der Waals surface area contributed by atoms with Crippen molar-refractivity contribution in [2.24, 2.45) is 0 Å². The number of para-hydroxylation sites is 1. The molecular formula is C27H30N2O8S. The van der Waals surface area contributed by atoms with Crippen LogP contribution in [0, 0.1) is 0 Å². The Morgan fingerprint density at radius 3 is 2.18 bits per heavy atom. The Morgan fingerprint density at radius 1 is 0.868 bits per heavy atom. The molecule has 1 amide bonds. The van der Waals surface area contributed by atoms with E-state index in [9.17, 15) is 18.0 Å². The average molecular weight is 543 g/mol. The van der Waals surface area contributed by atoms with E-state index in [0.717, 1.165) is 4.31 Å². The molecule has 0 bridgehead atoms. The number of nitrogens with zero attached hydrogens (tertiary/aromatic N) is 1. The summed E-state index contributed by atoms with van der Waals surface area (Å²) in [5.74, 6) is -0.155.